The Kier molecular flexibility index (Phi) is 4.36. The van der Waals surface area contributed by atoms with E-state index < -0.39 is 0 Å². The molecule has 0 aliphatic heterocycles. The van der Waals surface area contributed by atoms with E-state index in [2.05, 4.69) is 16.9 Å². The van der Waals surface area contributed by atoms with Crippen LogP contribution in [0.2, 0.25) is 0 Å². The summed E-state index contributed by atoms with van der Waals surface area (Å²) in [5.41, 5.74) is 2.22. The Morgan fingerprint density at radius 1 is 1.22 bits per heavy atom. The number of rotatable bonds is 6. The third-order valence-electron chi connectivity index (χ3n) is 2.45. The first-order valence-electron chi connectivity index (χ1n) is 5.85. The molecule has 18 heavy (non-hydrogen) atoms. The normalized spacial score (nSPS) is 9.78. The van der Waals surface area contributed by atoms with Gasteiger partial charge in [-0.25, -0.2) is 0 Å². The largest absolute Gasteiger partial charge is 0.490 e. The molecular weight excluding hydrogens is 224 g/mol. The number of pyridine rings is 1. The molecule has 0 fully saturated rings. The summed E-state index contributed by atoms with van der Waals surface area (Å²) in [6.07, 6.45) is 5.30. The van der Waals surface area contributed by atoms with E-state index in [0.717, 1.165) is 18.0 Å². The molecule has 3 heteroatoms. The Morgan fingerprint density at radius 2 is 2.06 bits per heavy atom. The Bertz CT molecular complexity index is 480. The van der Waals surface area contributed by atoms with E-state index in [1.807, 2.05) is 42.6 Å². The van der Waals surface area contributed by atoms with Crippen LogP contribution in [0.5, 0.6) is 5.75 Å². The standard InChI is InChI=1S/C15H16N2O/c1-2-10-18-15-7-5-13(6-8-15)11-17-14-4-3-9-16-12-14/h2-9,12,17H,1,10-11H2. The Morgan fingerprint density at radius 3 is 2.72 bits per heavy atom. The zero-order valence-corrected chi connectivity index (χ0v) is 10.2. The first kappa shape index (κ1) is 12.2. The molecule has 0 radical (unpaired) electrons. The lowest BCUT2D eigenvalue weighted by Gasteiger charge is -2.07. The molecule has 1 aromatic heterocycles. The van der Waals surface area contributed by atoms with Crippen molar-refractivity contribution in [1.29, 1.82) is 0 Å². The number of hydrogen-bond acceptors (Lipinski definition) is 3. The monoisotopic (exact) mass is 240 g/mol. The van der Waals surface area contributed by atoms with Gasteiger partial charge in [0.15, 0.2) is 0 Å². The first-order valence-corrected chi connectivity index (χ1v) is 5.85. The molecule has 2 rings (SSSR count). The summed E-state index contributed by atoms with van der Waals surface area (Å²) in [4.78, 5) is 4.05. The van der Waals surface area contributed by atoms with Crippen molar-refractivity contribution in [2.45, 2.75) is 6.54 Å². The predicted molar refractivity (Wildman–Crippen MR) is 73.7 cm³/mol. The van der Waals surface area contributed by atoms with E-state index in [4.69, 9.17) is 4.74 Å². The molecule has 0 amide bonds. The van der Waals surface area contributed by atoms with Crippen molar-refractivity contribution >= 4 is 5.69 Å². The summed E-state index contributed by atoms with van der Waals surface area (Å²) < 4.78 is 5.42. The number of anilines is 1. The Hall–Kier alpha value is -2.29. The fraction of sp³-hybridized carbons (Fsp3) is 0.133. The van der Waals surface area contributed by atoms with Gasteiger partial charge in [-0.2, -0.15) is 0 Å². The maximum atomic E-state index is 5.42. The van der Waals surface area contributed by atoms with E-state index in [0.29, 0.717) is 6.61 Å². The molecule has 0 bridgehead atoms. The Balaban J connectivity index is 1.88. The van der Waals surface area contributed by atoms with Crippen LogP contribution in [0.3, 0.4) is 0 Å². The van der Waals surface area contributed by atoms with Gasteiger partial charge in [0.2, 0.25) is 0 Å². The van der Waals surface area contributed by atoms with Crippen molar-refractivity contribution in [3.63, 3.8) is 0 Å². The summed E-state index contributed by atoms with van der Waals surface area (Å²) in [6, 6.07) is 11.9. The number of ether oxygens (including phenoxy) is 1. The van der Waals surface area contributed by atoms with Gasteiger partial charge < -0.3 is 10.1 Å². The van der Waals surface area contributed by atoms with Crippen molar-refractivity contribution in [1.82, 2.24) is 4.98 Å². The average Bonchev–Trinajstić information content (AvgIpc) is 2.45. The average molecular weight is 240 g/mol. The van der Waals surface area contributed by atoms with E-state index in [1.165, 1.54) is 5.56 Å². The van der Waals surface area contributed by atoms with E-state index in [1.54, 1.807) is 12.3 Å². The summed E-state index contributed by atoms with van der Waals surface area (Å²) >= 11 is 0. The molecule has 1 N–H and O–H groups in total. The van der Waals surface area contributed by atoms with Crippen molar-refractivity contribution < 1.29 is 4.74 Å². The number of aromatic nitrogens is 1. The van der Waals surface area contributed by atoms with Crippen LogP contribution in [0.1, 0.15) is 5.56 Å². The molecule has 92 valence electrons. The van der Waals surface area contributed by atoms with Gasteiger partial charge >= 0.3 is 0 Å². The molecule has 1 aromatic carbocycles. The van der Waals surface area contributed by atoms with Gasteiger partial charge in [0.1, 0.15) is 12.4 Å². The highest BCUT2D eigenvalue weighted by Gasteiger charge is 1.95. The van der Waals surface area contributed by atoms with Gasteiger partial charge in [0, 0.05) is 18.9 Å². The highest BCUT2D eigenvalue weighted by Crippen LogP contribution is 2.13. The third-order valence-corrected chi connectivity index (χ3v) is 2.45. The van der Waals surface area contributed by atoms with Crippen molar-refractivity contribution in [3.8, 4) is 5.75 Å². The van der Waals surface area contributed by atoms with Crippen molar-refractivity contribution in [3.05, 3.63) is 67.0 Å². The number of nitrogens with zero attached hydrogens (tertiary/aromatic N) is 1. The number of nitrogens with one attached hydrogen (secondary N) is 1. The molecular formula is C15H16N2O. The molecule has 0 unspecified atom stereocenters. The van der Waals surface area contributed by atoms with Crippen molar-refractivity contribution in [2.24, 2.45) is 0 Å². The zero-order valence-electron chi connectivity index (χ0n) is 10.2. The lowest BCUT2D eigenvalue weighted by molar-refractivity contribution is 0.363. The summed E-state index contributed by atoms with van der Waals surface area (Å²) in [6.45, 7) is 4.92. The van der Waals surface area contributed by atoms with Gasteiger partial charge in [-0.15, -0.1) is 0 Å². The molecule has 3 nitrogen and oxygen atoms in total. The van der Waals surface area contributed by atoms with E-state index in [9.17, 15) is 0 Å². The van der Waals surface area contributed by atoms with Gasteiger partial charge in [-0.3, -0.25) is 4.98 Å². The molecule has 0 aliphatic rings. The predicted octanol–water partition coefficient (Wildman–Crippen LogP) is 3.26. The SMILES string of the molecule is C=CCOc1ccc(CNc2cccnc2)cc1. The number of benzene rings is 1. The molecule has 0 saturated carbocycles. The minimum absolute atomic E-state index is 0.535. The third kappa shape index (κ3) is 3.63. The van der Waals surface area contributed by atoms with Crippen LogP contribution in [-0.4, -0.2) is 11.6 Å². The zero-order chi connectivity index (χ0) is 12.6. The molecule has 0 atom stereocenters. The second-order valence-corrected chi connectivity index (χ2v) is 3.84. The van der Waals surface area contributed by atoms with Crippen LogP contribution in [0, 0.1) is 0 Å². The summed E-state index contributed by atoms with van der Waals surface area (Å²) in [5, 5.41) is 3.30. The fourth-order valence-corrected chi connectivity index (χ4v) is 1.53. The lowest BCUT2D eigenvalue weighted by Crippen LogP contribution is -1.99. The summed E-state index contributed by atoms with van der Waals surface area (Å²) in [5.74, 6) is 0.861. The maximum absolute atomic E-state index is 5.42. The van der Waals surface area contributed by atoms with Crippen LogP contribution in [0.25, 0.3) is 0 Å². The quantitative estimate of drug-likeness (QED) is 0.787. The first-order chi connectivity index (χ1) is 8.88. The van der Waals surface area contributed by atoms with Gasteiger partial charge in [0.25, 0.3) is 0 Å². The molecule has 0 saturated heterocycles. The minimum atomic E-state index is 0.535. The lowest BCUT2D eigenvalue weighted by atomic mass is 10.2. The fourth-order valence-electron chi connectivity index (χ4n) is 1.53. The number of hydrogen-bond donors (Lipinski definition) is 1. The van der Waals surface area contributed by atoms with Crippen LogP contribution in [0.15, 0.2) is 61.4 Å². The molecule has 2 aromatic rings. The topological polar surface area (TPSA) is 34.1 Å². The second kappa shape index (κ2) is 6.45. The molecule has 0 aliphatic carbocycles. The second-order valence-electron chi connectivity index (χ2n) is 3.84. The summed E-state index contributed by atoms with van der Waals surface area (Å²) in [7, 11) is 0. The van der Waals surface area contributed by atoms with Crippen LogP contribution in [0.4, 0.5) is 5.69 Å². The van der Waals surface area contributed by atoms with Crippen LogP contribution >= 0.6 is 0 Å². The molecule has 0 spiro atoms. The van der Waals surface area contributed by atoms with Gasteiger partial charge in [-0.05, 0) is 29.8 Å². The maximum Gasteiger partial charge on any atom is 0.119 e. The molecule has 1 heterocycles. The smallest absolute Gasteiger partial charge is 0.119 e. The van der Waals surface area contributed by atoms with Crippen LogP contribution in [-0.2, 0) is 6.54 Å². The van der Waals surface area contributed by atoms with E-state index in [-0.39, 0.29) is 0 Å². The van der Waals surface area contributed by atoms with Crippen molar-refractivity contribution in [2.75, 3.05) is 11.9 Å². The van der Waals surface area contributed by atoms with E-state index >= 15 is 0 Å². The highest BCUT2D eigenvalue weighted by atomic mass is 16.5. The minimum Gasteiger partial charge on any atom is -0.490 e. The van der Waals surface area contributed by atoms with Crippen LogP contribution < -0.4 is 10.1 Å². The van der Waals surface area contributed by atoms with Gasteiger partial charge in [-0.1, -0.05) is 24.8 Å². The highest BCUT2D eigenvalue weighted by molar-refractivity contribution is 5.41. The Labute approximate surface area is 107 Å². The van der Waals surface area contributed by atoms with Gasteiger partial charge in [0.05, 0.1) is 5.69 Å².